The van der Waals surface area contributed by atoms with Gasteiger partial charge in [-0.25, -0.2) is 8.42 Å². The molecule has 0 radical (unpaired) electrons. The standard InChI is InChI=1S/C32H29N5O4S/c1-2-14-32(18-22-12-15-34-16-13-22)31(39)37(29(35-32)17-28(38)24-10-8-23(19-33)9-11-24)30-26-20-36(21-27(26)30)42(40,41)25-6-4-3-5-7-25/h2-13,15-17,26-27,30,35H,1,14,18,20-21H2/b29-17+/t26-,27+,30?,32?. The molecule has 1 saturated carbocycles. The molecule has 212 valence electrons. The van der Waals surface area contributed by atoms with Gasteiger partial charge >= 0.3 is 0 Å². The fourth-order valence-corrected chi connectivity index (χ4v) is 7.76. The SMILES string of the molecule is C=CCC1(Cc2ccncc2)N/C(=C\C(=O)c2ccc(C#N)cc2)N(C2[C@H]3CN(S(=O)(=O)c4ccccc4)C[C@@H]23)C1=O. The van der Waals surface area contributed by atoms with Crippen LogP contribution in [0.15, 0.2) is 109 Å². The van der Waals surface area contributed by atoms with Crippen LogP contribution in [0.3, 0.4) is 0 Å². The second-order valence-electron chi connectivity index (χ2n) is 10.9. The molecule has 3 fully saturated rings. The summed E-state index contributed by atoms with van der Waals surface area (Å²) in [6.07, 6.45) is 7.15. The number of fused-ring (bicyclic) bond motifs is 1. The van der Waals surface area contributed by atoms with Crippen molar-refractivity contribution >= 4 is 21.7 Å². The topological polar surface area (TPSA) is 123 Å². The van der Waals surface area contributed by atoms with Gasteiger partial charge in [-0.1, -0.05) is 24.3 Å². The number of benzene rings is 2. The molecule has 2 unspecified atom stereocenters. The van der Waals surface area contributed by atoms with Gasteiger partial charge in [0.05, 0.1) is 16.5 Å². The van der Waals surface area contributed by atoms with Crippen LogP contribution in [0.5, 0.6) is 0 Å². The zero-order chi connectivity index (χ0) is 29.5. The second-order valence-corrected chi connectivity index (χ2v) is 12.9. The van der Waals surface area contributed by atoms with Gasteiger partial charge in [0.1, 0.15) is 11.4 Å². The minimum Gasteiger partial charge on any atom is -0.357 e. The predicted octanol–water partition coefficient (Wildman–Crippen LogP) is 3.29. The molecule has 3 aromatic rings. The van der Waals surface area contributed by atoms with Gasteiger partial charge in [0.15, 0.2) is 5.78 Å². The van der Waals surface area contributed by atoms with Crippen molar-refractivity contribution in [3.63, 3.8) is 0 Å². The summed E-state index contributed by atoms with van der Waals surface area (Å²) in [6, 6.07) is 20.2. The Hall–Kier alpha value is -4.59. The van der Waals surface area contributed by atoms with Crippen LogP contribution in [0.2, 0.25) is 0 Å². The van der Waals surface area contributed by atoms with Crippen molar-refractivity contribution in [2.24, 2.45) is 11.8 Å². The van der Waals surface area contributed by atoms with Gasteiger partial charge in [-0.2, -0.15) is 9.57 Å². The number of sulfonamides is 1. The van der Waals surface area contributed by atoms with Crippen LogP contribution in [0.1, 0.15) is 27.9 Å². The molecule has 2 aromatic carbocycles. The molecular weight excluding hydrogens is 550 g/mol. The van der Waals surface area contributed by atoms with E-state index in [0.29, 0.717) is 42.9 Å². The van der Waals surface area contributed by atoms with Crippen molar-refractivity contribution < 1.29 is 18.0 Å². The highest BCUT2D eigenvalue weighted by atomic mass is 32.2. The minimum atomic E-state index is -3.64. The predicted molar refractivity (Wildman–Crippen MR) is 155 cm³/mol. The zero-order valence-corrected chi connectivity index (χ0v) is 23.6. The van der Waals surface area contributed by atoms with Gasteiger partial charge in [0.2, 0.25) is 10.0 Å². The lowest BCUT2D eigenvalue weighted by molar-refractivity contribution is -0.132. The molecule has 4 atom stereocenters. The molecule has 0 bridgehead atoms. The Bertz CT molecular complexity index is 1710. The van der Waals surface area contributed by atoms with E-state index in [2.05, 4.69) is 16.9 Å². The molecule has 2 aliphatic heterocycles. The molecule has 42 heavy (non-hydrogen) atoms. The van der Waals surface area contributed by atoms with Crippen molar-refractivity contribution in [3.05, 3.63) is 120 Å². The van der Waals surface area contributed by atoms with Gasteiger partial charge < -0.3 is 5.32 Å². The van der Waals surface area contributed by atoms with Crippen LogP contribution < -0.4 is 5.32 Å². The Kier molecular flexibility index (Phi) is 7.01. The van der Waals surface area contributed by atoms with Gasteiger partial charge in [-0.05, 0) is 60.5 Å². The molecule has 2 saturated heterocycles. The number of nitrogens with one attached hydrogen (secondary N) is 1. The normalized spacial score (nSPS) is 26.0. The van der Waals surface area contributed by atoms with Crippen molar-refractivity contribution in [3.8, 4) is 6.07 Å². The van der Waals surface area contributed by atoms with Crippen molar-refractivity contribution in [1.29, 1.82) is 5.26 Å². The van der Waals surface area contributed by atoms with Gasteiger partial charge in [-0.3, -0.25) is 19.5 Å². The van der Waals surface area contributed by atoms with E-state index in [1.165, 1.54) is 10.4 Å². The second kappa shape index (κ2) is 10.7. The molecular formula is C32H29N5O4S. The van der Waals surface area contributed by atoms with Crippen molar-refractivity contribution in [2.75, 3.05) is 13.1 Å². The van der Waals surface area contributed by atoms with E-state index >= 15 is 0 Å². The summed E-state index contributed by atoms with van der Waals surface area (Å²) in [6.45, 7) is 4.49. The molecule has 9 nitrogen and oxygen atoms in total. The lowest BCUT2D eigenvalue weighted by Crippen LogP contribution is -2.49. The number of pyridine rings is 1. The average molecular weight is 580 g/mol. The van der Waals surface area contributed by atoms with E-state index in [-0.39, 0.29) is 34.5 Å². The molecule has 0 spiro atoms. The first kappa shape index (κ1) is 27.6. The number of nitriles is 1. The first-order chi connectivity index (χ1) is 20.3. The fourth-order valence-electron chi connectivity index (χ4n) is 6.22. The van der Waals surface area contributed by atoms with Gasteiger partial charge in [0.25, 0.3) is 5.91 Å². The maximum absolute atomic E-state index is 14.3. The summed E-state index contributed by atoms with van der Waals surface area (Å²) < 4.78 is 28.0. The Balaban J connectivity index is 1.31. The number of hydrogen-bond acceptors (Lipinski definition) is 7. The number of carbonyl (C=O) groups excluding carboxylic acids is 2. The highest BCUT2D eigenvalue weighted by Crippen LogP contribution is 2.53. The first-order valence-electron chi connectivity index (χ1n) is 13.7. The maximum atomic E-state index is 14.3. The van der Waals surface area contributed by atoms with Crippen LogP contribution >= 0.6 is 0 Å². The van der Waals surface area contributed by atoms with Crippen LogP contribution in [-0.4, -0.2) is 59.0 Å². The summed E-state index contributed by atoms with van der Waals surface area (Å²) in [5.41, 5.74) is 0.677. The summed E-state index contributed by atoms with van der Waals surface area (Å²) >= 11 is 0. The van der Waals surface area contributed by atoms with Gasteiger partial charge in [0, 0.05) is 61.4 Å². The fraction of sp³-hybridized carbons (Fsp3) is 0.250. The number of amides is 1. The van der Waals surface area contributed by atoms with Crippen molar-refractivity contribution in [2.45, 2.75) is 29.3 Å². The third-order valence-electron chi connectivity index (χ3n) is 8.36. The van der Waals surface area contributed by atoms with Crippen LogP contribution in [-0.2, 0) is 21.2 Å². The van der Waals surface area contributed by atoms with E-state index in [0.717, 1.165) is 5.56 Å². The number of aromatic nitrogens is 1. The Morgan fingerprint density at radius 2 is 1.74 bits per heavy atom. The summed E-state index contributed by atoms with van der Waals surface area (Å²) in [7, 11) is -3.64. The third-order valence-corrected chi connectivity index (χ3v) is 10.2. The lowest BCUT2D eigenvalue weighted by Gasteiger charge is -2.27. The monoisotopic (exact) mass is 579 g/mol. The molecule has 6 rings (SSSR count). The van der Waals surface area contributed by atoms with Crippen LogP contribution in [0.4, 0.5) is 0 Å². The number of hydrogen-bond donors (Lipinski definition) is 1. The Labute approximate surface area is 244 Å². The Morgan fingerprint density at radius 1 is 1.07 bits per heavy atom. The molecule has 3 heterocycles. The summed E-state index contributed by atoms with van der Waals surface area (Å²) in [5, 5.41) is 12.5. The lowest BCUT2D eigenvalue weighted by atomic mass is 9.87. The third kappa shape index (κ3) is 4.81. The quantitative estimate of drug-likeness (QED) is 0.234. The molecule has 1 amide bonds. The Morgan fingerprint density at radius 3 is 2.36 bits per heavy atom. The maximum Gasteiger partial charge on any atom is 0.254 e. The smallest absolute Gasteiger partial charge is 0.254 e. The molecule has 10 heteroatoms. The zero-order valence-electron chi connectivity index (χ0n) is 22.8. The van der Waals surface area contributed by atoms with E-state index in [9.17, 15) is 18.0 Å². The van der Waals surface area contributed by atoms with Crippen LogP contribution in [0, 0.1) is 23.2 Å². The van der Waals surface area contributed by atoms with E-state index in [1.807, 2.05) is 18.2 Å². The molecule has 3 aliphatic rings. The molecule has 1 N–H and O–H groups in total. The first-order valence-corrected chi connectivity index (χ1v) is 15.1. The van der Waals surface area contributed by atoms with Gasteiger partial charge in [-0.15, -0.1) is 6.58 Å². The number of allylic oxidation sites excluding steroid dienone is 1. The van der Waals surface area contributed by atoms with E-state index in [4.69, 9.17) is 5.26 Å². The summed E-state index contributed by atoms with van der Waals surface area (Å²) in [4.78, 5) is 33.7. The summed E-state index contributed by atoms with van der Waals surface area (Å²) in [5.74, 6) is -0.194. The largest absolute Gasteiger partial charge is 0.357 e. The number of ketones is 1. The minimum absolute atomic E-state index is 0.0527. The molecule has 1 aliphatic carbocycles. The number of nitrogens with zero attached hydrogens (tertiary/aromatic N) is 4. The highest BCUT2D eigenvalue weighted by Gasteiger charge is 2.65. The van der Waals surface area contributed by atoms with Crippen LogP contribution in [0.25, 0.3) is 0 Å². The van der Waals surface area contributed by atoms with E-state index < -0.39 is 15.6 Å². The number of piperidine rings is 1. The van der Waals surface area contributed by atoms with E-state index in [1.54, 1.807) is 78.0 Å². The van der Waals surface area contributed by atoms with Crippen molar-refractivity contribution in [1.82, 2.24) is 19.5 Å². The molecule has 1 aromatic heterocycles. The number of rotatable bonds is 9. The average Bonchev–Trinajstić information content (AvgIpc) is 3.34. The number of carbonyl (C=O) groups is 2. The highest BCUT2D eigenvalue weighted by molar-refractivity contribution is 7.89.